The summed E-state index contributed by atoms with van der Waals surface area (Å²) in [4.78, 5) is 62.0. The lowest BCUT2D eigenvalue weighted by Gasteiger charge is -2.24. The minimum absolute atomic E-state index is 0.268. The van der Waals surface area contributed by atoms with E-state index in [4.69, 9.17) is 36.3 Å². The van der Waals surface area contributed by atoms with Gasteiger partial charge >= 0.3 is 17.9 Å². The van der Waals surface area contributed by atoms with E-state index in [0.29, 0.717) is 0 Å². The van der Waals surface area contributed by atoms with Gasteiger partial charge in [0.15, 0.2) is 24.1 Å². The number of rotatable bonds is 6. The molecule has 0 radical (unpaired) electrons. The molecule has 0 aliphatic carbocycles. The Hall–Kier alpha value is -2.99. The van der Waals surface area contributed by atoms with Crippen LogP contribution in [-0.2, 0) is 33.3 Å². The summed E-state index contributed by atoms with van der Waals surface area (Å²) in [6.07, 6.45) is -3.98. The molecule has 1 amide bonds. The second-order valence-electron chi connectivity index (χ2n) is 6.00. The highest BCUT2D eigenvalue weighted by Crippen LogP contribution is 2.34. The molecular weight excluding hydrogens is 414 g/mol. The maximum absolute atomic E-state index is 12.6. The first-order valence-electron chi connectivity index (χ1n) is 8.23. The average Bonchev–Trinajstić information content (AvgIpc) is 2.91. The van der Waals surface area contributed by atoms with Crippen LogP contribution in [0, 0.1) is 0 Å². The fourth-order valence-electron chi connectivity index (χ4n) is 2.75. The molecule has 0 bridgehead atoms. The molecule has 1 aliphatic rings. The molecule has 0 spiro atoms. The summed E-state index contributed by atoms with van der Waals surface area (Å²) in [5, 5.41) is -0.268. The first kappa shape index (κ1) is 22.3. The molecule has 0 saturated carbocycles. The van der Waals surface area contributed by atoms with Crippen LogP contribution in [0.1, 0.15) is 37.5 Å². The Bertz CT molecular complexity index is 900. The Kier molecular flexibility index (Phi) is 6.93. The third-order valence-electron chi connectivity index (χ3n) is 3.75. The van der Waals surface area contributed by atoms with Crippen molar-refractivity contribution in [3.63, 3.8) is 0 Å². The Morgan fingerprint density at radius 1 is 1.14 bits per heavy atom. The molecule has 2 heterocycles. The second kappa shape index (κ2) is 9.01. The van der Waals surface area contributed by atoms with Crippen molar-refractivity contribution in [1.29, 1.82) is 0 Å². The van der Waals surface area contributed by atoms with Crippen molar-refractivity contribution in [2.45, 2.75) is 45.3 Å². The normalized spacial score (nSPS) is 23.3. The molecule has 0 aromatic carbocycles. The van der Waals surface area contributed by atoms with E-state index in [9.17, 15) is 24.0 Å². The molecule has 2 rings (SSSR count). The van der Waals surface area contributed by atoms with Crippen LogP contribution in [0.25, 0.3) is 0 Å². The monoisotopic (exact) mass is 431 g/mol. The Labute approximate surface area is 168 Å². The minimum atomic E-state index is -1.38. The molecule has 12 nitrogen and oxygen atoms in total. The van der Waals surface area contributed by atoms with Gasteiger partial charge < -0.3 is 24.7 Å². The van der Waals surface area contributed by atoms with E-state index in [1.54, 1.807) is 0 Å². The van der Waals surface area contributed by atoms with Crippen LogP contribution in [0.15, 0.2) is 11.0 Å². The number of esters is 3. The number of hydrogen-bond donors (Lipinski definition) is 1. The van der Waals surface area contributed by atoms with E-state index >= 15 is 0 Å². The number of primary amides is 1. The fraction of sp³-hybridized carbons (Fsp3) is 0.500. The maximum atomic E-state index is 12.6. The van der Waals surface area contributed by atoms with Crippen molar-refractivity contribution in [2.24, 2.45) is 5.73 Å². The first-order valence-corrected chi connectivity index (χ1v) is 8.60. The van der Waals surface area contributed by atoms with E-state index in [2.05, 4.69) is 4.98 Å². The van der Waals surface area contributed by atoms with Gasteiger partial charge in [-0.25, -0.2) is 4.98 Å². The van der Waals surface area contributed by atoms with Gasteiger partial charge in [-0.05, 0) is 0 Å². The van der Waals surface area contributed by atoms with E-state index in [1.165, 1.54) is 0 Å². The summed E-state index contributed by atoms with van der Waals surface area (Å²) < 4.78 is 21.8. The molecule has 1 aliphatic heterocycles. The van der Waals surface area contributed by atoms with Gasteiger partial charge in [-0.1, -0.05) is 11.6 Å². The van der Waals surface area contributed by atoms with Crippen molar-refractivity contribution in [1.82, 2.24) is 9.55 Å². The number of aromatic nitrogens is 2. The average molecular weight is 432 g/mol. The summed E-state index contributed by atoms with van der Waals surface area (Å²) >= 11 is 5.86. The molecule has 2 N–H and O–H groups in total. The summed E-state index contributed by atoms with van der Waals surface area (Å²) in [6.45, 7) is 3.00. The van der Waals surface area contributed by atoms with Gasteiger partial charge in [0.05, 0.1) is 0 Å². The molecule has 1 aromatic rings. The molecule has 13 heteroatoms. The van der Waals surface area contributed by atoms with Gasteiger partial charge in [0.1, 0.15) is 17.9 Å². The van der Waals surface area contributed by atoms with Crippen LogP contribution in [-0.4, -0.2) is 58.3 Å². The molecule has 158 valence electrons. The smallest absolute Gasteiger partial charge is 0.303 e. The van der Waals surface area contributed by atoms with Gasteiger partial charge in [0, 0.05) is 27.0 Å². The highest BCUT2D eigenvalue weighted by Gasteiger charge is 2.51. The van der Waals surface area contributed by atoms with Gasteiger partial charge in [-0.3, -0.25) is 28.5 Å². The topological polar surface area (TPSA) is 166 Å². The van der Waals surface area contributed by atoms with Gasteiger partial charge in [-0.2, -0.15) is 0 Å². The van der Waals surface area contributed by atoms with Crippen LogP contribution >= 0.6 is 11.6 Å². The predicted molar refractivity (Wildman–Crippen MR) is 93.7 cm³/mol. The number of amides is 1. The summed E-state index contributed by atoms with van der Waals surface area (Å²) in [5.74, 6) is -3.27. The Morgan fingerprint density at radius 2 is 1.72 bits per heavy atom. The van der Waals surface area contributed by atoms with Crippen molar-refractivity contribution in [3.8, 4) is 0 Å². The molecule has 4 atom stereocenters. The number of hydrogen-bond acceptors (Lipinski definition) is 10. The lowest BCUT2D eigenvalue weighted by atomic mass is 10.1. The molecule has 1 saturated heterocycles. The van der Waals surface area contributed by atoms with Gasteiger partial charge in [-0.15, -0.1) is 0 Å². The maximum Gasteiger partial charge on any atom is 0.303 e. The SMILES string of the molecule is CC(=O)OC[C@H]1O[C@@H](n2cc(Cl)nc(C(N)=O)c2=O)[C@H](OC(C)=O)[C@@H]1OC(C)=O. The highest BCUT2D eigenvalue weighted by molar-refractivity contribution is 6.29. The van der Waals surface area contributed by atoms with Gasteiger partial charge in [0.2, 0.25) is 0 Å². The number of ether oxygens (including phenoxy) is 4. The Balaban J connectivity index is 2.54. The third-order valence-corrected chi connectivity index (χ3v) is 3.93. The number of halogens is 1. The quantitative estimate of drug-likeness (QED) is 0.450. The van der Waals surface area contributed by atoms with Crippen LogP contribution in [0.2, 0.25) is 5.15 Å². The summed E-state index contributed by atoms with van der Waals surface area (Å²) in [7, 11) is 0. The van der Waals surface area contributed by atoms with Crippen molar-refractivity contribution in [2.75, 3.05) is 6.61 Å². The van der Waals surface area contributed by atoms with Crippen LogP contribution in [0.5, 0.6) is 0 Å². The lowest BCUT2D eigenvalue weighted by Crippen LogP contribution is -2.42. The van der Waals surface area contributed by atoms with Crippen molar-refractivity contribution in [3.05, 3.63) is 27.4 Å². The number of nitrogens with two attached hydrogens (primary N) is 1. The molecule has 0 unspecified atom stereocenters. The van der Waals surface area contributed by atoms with Crippen LogP contribution in [0.4, 0.5) is 0 Å². The molecule has 1 aromatic heterocycles. The standard InChI is InChI=1S/C16H18ClN3O9/c1-6(21)26-5-9-12(27-7(2)22)13(28-8(3)23)16(29-9)20-4-10(17)19-11(14(18)24)15(20)25/h4,9,12-13,16H,5H2,1-3H3,(H2,18,24)/t9-,12-,13-,16-/m1/s1. The number of carbonyl (C=O) groups excluding carboxylic acids is 4. The summed E-state index contributed by atoms with van der Waals surface area (Å²) in [5.41, 5.74) is 3.50. The zero-order chi connectivity index (χ0) is 21.9. The van der Waals surface area contributed by atoms with Crippen LogP contribution < -0.4 is 11.3 Å². The zero-order valence-corrected chi connectivity index (χ0v) is 16.4. The highest BCUT2D eigenvalue weighted by atomic mass is 35.5. The summed E-state index contributed by atoms with van der Waals surface area (Å²) in [6, 6.07) is 0. The van der Waals surface area contributed by atoms with Crippen molar-refractivity contribution >= 4 is 35.4 Å². The Morgan fingerprint density at radius 3 is 2.24 bits per heavy atom. The lowest BCUT2D eigenvalue weighted by molar-refractivity contribution is -0.166. The largest absolute Gasteiger partial charge is 0.463 e. The van der Waals surface area contributed by atoms with Gasteiger partial charge in [0.25, 0.3) is 11.5 Å². The molecule has 1 fully saturated rings. The predicted octanol–water partition coefficient (Wildman–Crippen LogP) is -0.680. The molecule has 29 heavy (non-hydrogen) atoms. The third kappa shape index (κ3) is 5.29. The van der Waals surface area contributed by atoms with Crippen molar-refractivity contribution < 1.29 is 38.1 Å². The minimum Gasteiger partial charge on any atom is -0.463 e. The molecular formula is C16H18ClN3O9. The second-order valence-corrected chi connectivity index (χ2v) is 6.39. The van der Waals surface area contributed by atoms with E-state index in [0.717, 1.165) is 31.5 Å². The van der Waals surface area contributed by atoms with E-state index < -0.39 is 59.6 Å². The number of nitrogens with zero attached hydrogens (tertiary/aromatic N) is 2. The fourth-order valence-corrected chi connectivity index (χ4v) is 2.94. The zero-order valence-electron chi connectivity index (χ0n) is 15.6. The number of carbonyl (C=O) groups is 4. The van der Waals surface area contributed by atoms with Crippen LogP contribution in [0.3, 0.4) is 0 Å². The van der Waals surface area contributed by atoms with E-state index in [-0.39, 0.29) is 11.8 Å². The first-order chi connectivity index (χ1) is 13.5. The van der Waals surface area contributed by atoms with E-state index in [1.807, 2.05) is 0 Å².